The van der Waals surface area contributed by atoms with Gasteiger partial charge in [0.05, 0.1) is 24.5 Å². The number of nitrogens with zero attached hydrogens (tertiary/aromatic N) is 2. The number of aldehydes is 2. The normalized spacial score (nSPS) is 15.3. The number of rotatable bonds is 4. The molecule has 6 heteroatoms. The van der Waals surface area contributed by atoms with E-state index in [9.17, 15) is 14.4 Å². The number of pyridine rings is 1. The number of hydrogen-bond acceptors (Lipinski definition) is 5. The molecule has 2 rings (SSSR count). The third-order valence-corrected chi connectivity index (χ3v) is 2.97. The maximum absolute atomic E-state index is 12.1. The molecule has 1 aliphatic rings. The zero-order valence-electron chi connectivity index (χ0n) is 10.3. The van der Waals surface area contributed by atoms with E-state index < -0.39 is 5.92 Å². The third kappa shape index (κ3) is 3.03. The van der Waals surface area contributed by atoms with Crippen molar-refractivity contribution in [1.82, 2.24) is 9.88 Å². The molecule has 1 aromatic heterocycles. The second-order valence-electron chi connectivity index (χ2n) is 4.17. The standard InChI is InChI=1S/C13H14N2O4/c16-8-11(9-17)12-2-1-10(7-14-12)13(18)15-3-5-19-6-4-15/h1-2,7-9,11H,3-6H2. The van der Waals surface area contributed by atoms with Gasteiger partial charge in [0.1, 0.15) is 18.5 Å². The van der Waals surface area contributed by atoms with Crippen molar-refractivity contribution in [2.75, 3.05) is 26.3 Å². The minimum atomic E-state index is -0.868. The van der Waals surface area contributed by atoms with E-state index in [1.165, 1.54) is 12.3 Å². The zero-order chi connectivity index (χ0) is 13.7. The van der Waals surface area contributed by atoms with Gasteiger partial charge in [-0.1, -0.05) is 0 Å². The van der Waals surface area contributed by atoms with E-state index in [1.54, 1.807) is 11.0 Å². The average Bonchev–Trinajstić information content (AvgIpc) is 2.49. The molecule has 0 N–H and O–H groups in total. The molecule has 0 radical (unpaired) electrons. The lowest BCUT2D eigenvalue weighted by Gasteiger charge is -2.26. The summed E-state index contributed by atoms with van der Waals surface area (Å²) in [6.45, 7) is 2.20. The number of carbonyl (C=O) groups is 3. The minimum absolute atomic E-state index is 0.115. The largest absolute Gasteiger partial charge is 0.378 e. The lowest BCUT2D eigenvalue weighted by atomic mass is 10.1. The molecule has 6 nitrogen and oxygen atoms in total. The molecule has 1 aromatic rings. The Bertz CT molecular complexity index is 458. The predicted octanol–water partition coefficient (Wildman–Crippen LogP) is 0.0354. The Hall–Kier alpha value is -2.08. The second kappa shape index (κ2) is 6.19. The van der Waals surface area contributed by atoms with Crippen LogP contribution in [0, 0.1) is 0 Å². The van der Waals surface area contributed by atoms with Crippen LogP contribution in [0.4, 0.5) is 0 Å². The molecule has 100 valence electrons. The van der Waals surface area contributed by atoms with Crippen molar-refractivity contribution >= 4 is 18.5 Å². The number of hydrogen-bond donors (Lipinski definition) is 0. The Morgan fingerprint density at radius 2 is 1.95 bits per heavy atom. The highest BCUT2D eigenvalue weighted by Crippen LogP contribution is 2.11. The van der Waals surface area contributed by atoms with Gasteiger partial charge in [-0.25, -0.2) is 0 Å². The summed E-state index contributed by atoms with van der Waals surface area (Å²) in [5.74, 6) is -0.983. The fourth-order valence-electron chi connectivity index (χ4n) is 1.85. The molecule has 2 heterocycles. The van der Waals surface area contributed by atoms with E-state index in [4.69, 9.17) is 4.74 Å². The fourth-order valence-corrected chi connectivity index (χ4v) is 1.85. The molecule has 19 heavy (non-hydrogen) atoms. The van der Waals surface area contributed by atoms with Crippen LogP contribution in [-0.2, 0) is 14.3 Å². The molecule has 0 aliphatic carbocycles. The summed E-state index contributed by atoms with van der Waals surface area (Å²) in [6, 6.07) is 3.11. The highest BCUT2D eigenvalue weighted by atomic mass is 16.5. The first-order valence-electron chi connectivity index (χ1n) is 6.00. The van der Waals surface area contributed by atoms with E-state index in [-0.39, 0.29) is 5.91 Å². The first-order chi connectivity index (χ1) is 9.26. The molecule has 0 aromatic carbocycles. The monoisotopic (exact) mass is 262 g/mol. The number of aromatic nitrogens is 1. The molecule has 0 saturated carbocycles. The van der Waals surface area contributed by atoms with Gasteiger partial charge in [0.25, 0.3) is 5.91 Å². The van der Waals surface area contributed by atoms with Gasteiger partial charge < -0.3 is 19.2 Å². The third-order valence-electron chi connectivity index (χ3n) is 2.97. The van der Waals surface area contributed by atoms with Crippen LogP contribution in [0.15, 0.2) is 18.3 Å². The summed E-state index contributed by atoms with van der Waals surface area (Å²) >= 11 is 0. The Kier molecular flexibility index (Phi) is 4.35. The summed E-state index contributed by atoms with van der Waals surface area (Å²) in [4.78, 5) is 39.1. The van der Waals surface area contributed by atoms with E-state index >= 15 is 0 Å². The summed E-state index contributed by atoms with van der Waals surface area (Å²) in [5, 5.41) is 0. The molecule has 1 amide bonds. The number of amides is 1. The van der Waals surface area contributed by atoms with Crippen molar-refractivity contribution in [3.05, 3.63) is 29.6 Å². The quantitative estimate of drug-likeness (QED) is 0.565. The number of carbonyl (C=O) groups excluding carboxylic acids is 3. The molecule has 0 atom stereocenters. The fraction of sp³-hybridized carbons (Fsp3) is 0.385. The molecule has 1 aliphatic heterocycles. The van der Waals surface area contributed by atoms with Crippen molar-refractivity contribution in [2.24, 2.45) is 0 Å². The van der Waals surface area contributed by atoms with Crippen LogP contribution in [-0.4, -0.2) is 54.7 Å². The van der Waals surface area contributed by atoms with Crippen molar-refractivity contribution in [3.63, 3.8) is 0 Å². The van der Waals surface area contributed by atoms with Crippen LogP contribution in [0.3, 0.4) is 0 Å². The van der Waals surface area contributed by atoms with Gasteiger partial charge in [-0.2, -0.15) is 0 Å². The molecular weight excluding hydrogens is 248 g/mol. The zero-order valence-corrected chi connectivity index (χ0v) is 10.3. The minimum Gasteiger partial charge on any atom is -0.378 e. The Balaban J connectivity index is 2.11. The summed E-state index contributed by atoms with van der Waals surface area (Å²) in [5.41, 5.74) is 0.796. The van der Waals surface area contributed by atoms with Gasteiger partial charge in [-0.15, -0.1) is 0 Å². The van der Waals surface area contributed by atoms with Gasteiger partial charge in [0, 0.05) is 19.3 Å². The van der Waals surface area contributed by atoms with Crippen LogP contribution in [0.2, 0.25) is 0 Å². The first kappa shape index (κ1) is 13.4. The molecule has 0 bridgehead atoms. The van der Waals surface area contributed by atoms with Crippen LogP contribution in [0.1, 0.15) is 22.0 Å². The highest BCUT2D eigenvalue weighted by molar-refractivity contribution is 5.94. The lowest BCUT2D eigenvalue weighted by Crippen LogP contribution is -2.40. The van der Waals surface area contributed by atoms with E-state index in [0.29, 0.717) is 50.1 Å². The van der Waals surface area contributed by atoms with E-state index in [1.807, 2.05) is 0 Å². The average molecular weight is 262 g/mol. The van der Waals surface area contributed by atoms with Crippen LogP contribution in [0.5, 0.6) is 0 Å². The van der Waals surface area contributed by atoms with Gasteiger partial charge in [-0.05, 0) is 12.1 Å². The maximum atomic E-state index is 12.1. The highest BCUT2D eigenvalue weighted by Gasteiger charge is 2.19. The SMILES string of the molecule is O=CC(C=O)c1ccc(C(=O)N2CCOCC2)cn1. The van der Waals surface area contributed by atoms with Crippen LogP contribution < -0.4 is 0 Å². The van der Waals surface area contributed by atoms with Crippen LogP contribution >= 0.6 is 0 Å². The van der Waals surface area contributed by atoms with E-state index in [0.717, 1.165) is 0 Å². The van der Waals surface area contributed by atoms with Gasteiger partial charge >= 0.3 is 0 Å². The van der Waals surface area contributed by atoms with E-state index in [2.05, 4.69) is 4.98 Å². The predicted molar refractivity (Wildman–Crippen MR) is 65.8 cm³/mol. The smallest absolute Gasteiger partial charge is 0.255 e. The lowest BCUT2D eigenvalue weighted by molar-refractivity contribution is -0.116. The van der Waals surface area contributed by atoms with Crippen molar-refractivity contribution < 1.29 is 19.1 Å². The van der Waals surface area contributed by atoms with Crippen LogP contribution in [0.25, 0.3) is 0 Å². The summed E-state index contributed by atoms with van der Waals surface area (Å²) < 4.78 is 5.18. The molecular formula is C13H14N2O4. The second-order valence-corrected chi connectivity index (χ2v) is 4.17. The maximum Gasteiger partial charge on any atom is 0.255 e. The number of morpholine rings is 1. The molecule has 1 fully saturated rings. The van der Waals surface area contributed by atoms with Crippen molar-refractivity contribution in [1.29, 1.82) is 0 Å². The number of ether oxygens (including phenoxy) is 1. The molecule has 0 spiro atoms. The van der Waals surface area contributed by atoms with Gasteiger partial charge in [-0.3, -0.25) is 9.78 Å². The van der Waals surface area contributed by atoms with Gasteiger partial charge in [0.15, 0.2) is 0 Å². The van der Waals surface area contributed by atoms with Gasteiger partial charge in [0.2, 0.25) is 0 Å². The van der Waals surface area contributed by atoms with Crippen molar-refractivity contribution in [3.8, 4) is 0 Å². The summed E-state index contributed by atoms with van der Waals surface area (Å²) in [6.07, 6.45) is 2.45. The topological polar surface area (TPSA) is 76.6 Å². The molecule has 1 saturated heterocycles. The first-order valence-corrected chi connectivity index (χ1v) is 6.00. The Labute approximate surface area is 110 Å². The Morgan fingerprint density at radius 1 is 1.26 bits per heavy atom. The molecule has 0 unspecified atom stereocenters. The Morgan fingerprint density at radius 3 is 2.47 bits per heavy atom. The van der Waals surface area contributed by atoms with Crippen molar-refractivity contribution in [2.45, 2.75) is 5.92 Å². The summed E-state index contributed by atoms with van der Waals surface area (Å²) in [7, 11) is 0.